The van der Waals surface area contributed by atoms with Crippen molar-refractivity contribution in [3.05, 3.63) is 132 Å². The fraction of sp³-hybridized carbons (Fsp3) is 0.0909. The third-order valence-electron chi connectivity index (χ3n) is 6.15. The van der Waals surface area contributed by atoms with Gasteiger partial charge in [0.25, 0.3) is 0 Å². The van der Waals surface area contributed by atoms with Gasteiger partial charge in [-0.25, -0.2) is 0 Å². The van der Waals surface area contributed by atoms with Crippen molar-refractivity contribution in [2.24, 2.45) is 0 Å². The van der Waals surface area contributed by atoms with Crippen molar-refractivity contribution in [3.63, 3.8) is 0 Å². The number of hydrogen-bond acceptors (Lipinski definition) is 0. The summed E-state index contributed by atoms with van der Waals surface area (Å²) in [7, 11) is 0. The van der Waals surface area contributed by atoms with Crippen LogP contribution in [0.15, 0.2) is 115 Å². The molecule has 0 spiro atoms. The number of rotatable bonds is 4. The zero-order chi connectivity index (χ0) is 22.8. The molecular weight excluding hydrogens is 396 g/mol. The molecule has 0 aliphatic carbocycles. The topological polar surface area (TPSA) is 0 Å². The first-order chi connectivity index (χ1) is 16.1. The van der Waals surface area contributed by atoms with Crippen LogP contribution in [-0.2, 0) is 0 Å². The third-order valence-corrected chi connectivity index (χ3v) is 6.15. The molecule has 0 heterocycles. The molecule has 0 heteroatoms. The molecule has 5 aromatic rings. The molecular formula is C33H28. The minimum Gasteiger partial charge on any atom is -0.0622 e. The van der Waals surface area contributed by atoms with Gasteiger partial charge in [-0.05, 0) is 83.0 Å². The summed E-state index contributed by atoms with van der Waals surface area (Å²) in [5.74, 6) is 0. The van der Waals surface area contributed by atoms with Gasteiger partial charge in [-0.2, -0.15) is 0 Å². The Morgan fingerprint density at radius 1 is 0.303 bits per heavy atom. The average molecular weight is 425 g/mol. The fourth-order valence-electron chi connectivity index (χ4n) is 4.73. The van der Waals surface area contributed by atoms with E-state index in [1.165, 1.54) is 61.2 Å². The van der Waals surface area contributed by atoms with E-state index in [9.17, 15) is 0 Å². The second-order valence-corrected chi connectivity index (χ2v) is 8.96. The van der Waals surface area contributed by atoms with Crippen LogP contribution >= 0.6 is 0 Å². The smallest absolute Gasteiger partial charge is 0.0105 e. The Morgan fingerprint density at radius 2 is 0.758 bits per heavy atom. The molecule has 5 rings (SSSR count). The Labute approximate surface area is 197 Å². The molecule has 0 saturated carbocycles. The van der Waals surface area contributed by atoms with E-state index in [0.717, 1.165) is 0 Å². The minimum absolute atomic E-state index is 1.24. The van der Waals surface area contributed by atoms with Gasteiger partial charge in [-0.1, -0.05) is 114 Å². The van der Waals surface area contributed by atoms with Gasteiger partial charge in [-0.15, -0.1) is 0 Å². The molecule has 0 bridgehead atoms. The zero-order valence-corrected chi connectivity index (χ0v) is 19.5. The van der Waals surface area contributed by atoms with E-state index in [4.69, 9.17) is 0 Å². The summed E-state index contributed by atoms with van der Waals surface area (Å²) >= 11 is 0. The quantitative estimate of drug-likeness (QED) is 0.270. The maximum Gasteiger partial charge on any atom is -0.0105 e. The molecule has 33 heavy (non-hydrogen) atoms. The van der Waals surface area contributed by atoms with Gasteiger partial charge >= 0.3 is 0 Å². The Morgan fingerprint density at radius 3 is 1.45 bits per heavy atom. The van der Waals surface area contributed by atoms with E-state index >= 15 is 0 Å². The van der Waals surface area contributed by atoms with Gasteiger partial charge in [0, 0.05) is 0 Å². The molecule has 0 unspecified atom stereocenters. The predicted octanol–water partition coefficient (Wildman–Crippen LogP) is 9.28. The largest absolute Gasteiger partial charge is 0.0622 e. The van der Waals surface area contributed by atoms with Crippen molar-refractivity contribution >= 4 is 0 Å². The molecule has 0 atom stereocenters. The lowest BCUT2D eigenvalue weighted by Gasteiger charge is -2.14. The summed E-state index contributed by atoms with van der Waals surface area (Å²) < 4.78 is 0. The lowest BCUT2D eigenvalue weighted by molar-refractivity contribution is 1.38. The number of aryl methyl sites for hydroxylation is 3. The lowest BCUT2D eigenvalue weighted by atomic mass is 9.90. The predicted molar refractivity (Wildman–Crippen MR) is 142 cm³/mol. The van der Waals surface area contributed by atoms with Crippen molar-refractivity contribution < 1.29 is 0 Å². The fourth-order valence-corrected chi connectivity index (χ4v) is 4.73. The van der Waals surface area contributed by atoms with Gasteiger partial charge in [0.1, 0.15) is 0 Å². The Kier molecular flexibility index (Phi) is 5.67. The summed E-state index contributed by atoms with van der Waals surface area (Å²) in [5.41, 5.74) is 13.9. The molecule has 0 nitrogen and oxygen atoms in total. The van der Waals surface area contributed by atoms with Crippen molar-refractivity contribution in [2.45, 2.75) is 20.8 Å². The molecule has 0 aliphatic rings. The van der Waals surface area contributed by atoms with Gasteiger partial charge in [0.05, 0.1) is 0 Å². The summed E-state index contributed by atoms with van der Waals surface area (Å²) in [4.78, 5) is 0. The van der Waals surface area contributed by atoms with E-state index in [1.54, 1.807) is 0 Å². The Balaban J connectivity index is 1.61. The van der Waals surface area contributed by atoms with Crippen LogP contribution in [0.25, 0.3) is 44.5 Å². The molecule has 160 valence electrons. The number of benzene rings is 5. The SMILES string of the molecule is Cc1cc(-c2ccccc2)cc(-c2cccc(-c3ccccc3-c3cc(C)cc(C)c3)c2)c1. The summed E-state index contributed by atoms with van der Waals surface area (Å²) in [6.45, 7) is 6.51. The first-order valence-electron chi connectivity index (χ1n) is 11.5. The van der Waals surface area contributed by atoms with Crippen LogP contribution < -0.4 is 0 Å². The van der Waals surface area contributed by atoms with Crippen LogP contribution in [-0.4, -0.2) is 0 Å². The van der Waals surface area contributed by atoms with E-state index in [2.05, 4.69) is 136 Å². The standard InChI is InChI=1S/C33H28/c1-23-16-24(2)20-31(19-23)33-15-8-7-14-32(33)28-13-9-12-27(21-28)30-18-25(3)17-29(22-30)26-10-5-4-6-11-26/h4-22H,1-3H3. The molecule has 0 amide bonds. The molecule has 0 aliphatic heterocycles. The van der Waals surface area contributed by atoms with Crippen LogP contribution in [0, 0.1) is 20.8 Å². The number of hydrogen-bond donors (Lipinski definition) is 0. The van der Waals surface area contributed by atoms with Crippen LogP contribution in [0.4, 0.5) is 0 Å². The van der Waals surface area contributed by atoms with Crippen LogP contribution in [0.3, 0.4) is 0 Å². The van der Waals surface area contributed by atoms with Crippen molar-refractivity contribution in [1.82, 2.24) is 0 Å². The first-order valence-corrected chi connectivity index (χ1v) is 11.5. The third kappa shape index (κ3) is 4.52. The molecule has 0 N–H and O–H groups in total. The highest BCUT2D eigenvalue weighted by molar-refractivity contribution is 5.86. The van der Waals surface area contributed by atoms with Crippen LogP contribution in [0.1, 0.15) is 16.7 Å². The highest BCUT2D eigenvalue weighted by atomic mass is 14.1. The minimum atomic E-state index is 1.24. The van der Waals surface area contributed by atoms with Crippen molar-refractivity contribution in [3.8, 4) is 44.5 Å². The summed E-state index contributed by atoms with van der Waals surface area (Å²) in [6, 6.07) is 41.9. The van der Waals surface area contributed by atoms with E-state index in [1.807, 2.05) is 0 Å². The first kappa shape index (κ1) is 21.0. The monoisotopic (exact) mass is 424 g/mol. The van der Waals surface area contributed by atoms with Crippen molar-refractivity contribution in [1.29, 1.82) is 0 Å². The highest BCUT2D eigenvalue weighted by Gasteiger charge is 2.10. The maximum atomic E-state index is 2.32. The summed E-state index contributed by atoms with van der Waals surface area (Å²) in [6.07, 6.45) is 0. The molecule has 0 radical (unpaired) electrons. The van der Waals surface area contributed by atoms with Gasteiger partial charge in [-0.3, -0.25) is 0 Å². The molecule has 5 aromatic carbocycles. The van der Waals surface area contributed by atoms with Crippen LogP contribution in [0.5, 0.6) is 0 Å². The molecule has 0 fully saturated rings. The van der Waals surface area contributed by atoms with Gasteiger partial charge in [0.15, 0.2) is 0 Å². The average Bonchev–Trinajstić information content (AvgIpc) is 2.84. The van der Waals surface area contributed by atoms with Crippen LogP contribution in [0.2, 0.25) is 0 Å². The molecule has 0 aromatic heterocycles. The van der Waals surface area contributed by atoms with E-state index in [0.29, 0.717) is 0 Å². The second kappa shape index (κ2) is 8.92. The zero-order valence-electron chi connectivity index (χ0n) is 19.5. The second-order valence-electron chi connectivity index (χ2n) is 8.96. The maximum absolute atomic E-state index is 2.32. The summed E-state index contributed by atoms with van der Waals surface area (Å²) in [5, 5.41) is 0. The lowest BCUT2D eigenvalue weighted by Crippen LogP contribution is -1.89. The Hall–Kier alpha value is -3.90. The van der Waals surface area contributed by atoms with E-state index in [-0.39, 0.29) is 0 Å². The van der Waals surface area contributed by atoms with E-state index < -0.39 is 0 Å². The molecule has 0 saturated heterocycles. The Bertz CT molecular complexity index is 1400. The van der Waals surface area contributed by atoms with Gasteiger partial charge in [0.2, 0.25) is 0 Å². The van der Waals surface area contributed by atoms with Gasteiger partial charge < -0.3 is 0 Å². The normalized spacial score (nSPS) is 10.9. The van der Waals surface area contributed by atoms with Crippen molar-refractivity contribution in [2.75, 3.05) is 0 Å². The highest BCUT2D eigenvalue weighted by Crippen LogP contribution is 2.36.